The summed E-state index contributed by atoms with van der Waals surface area (Å²) in [6, 6.07) is 0. The summed E-state index contributed by atoms with van der Waals surface area (Å²) in [5.41, 5.74) is 1.39. The molecule has 15 heavy (non-hydrogen) atoms. The fourth-order valence-corrected chi connectivity index (χ4v) is 2.07. The molecule has 0 radical (unpaired) electrons. The van der Waals surface area contributed by atoms with E-state index in [1.807, 2.05) is 30.2 Å². The molecule has 5 heteroatoms. The van der Waals surface area contributed by atoms with Crippen LogP contribution in [0.25, 0.3) is 0 Å². The lowest BCUT2D eigenvalue weighted by Gasteiger charge is -2.24. The second-order valence-electron chi connectivity index (χ2n) is 3.33. The van der Waals surface area contributed by atoms with Crippen LogP contribution in [0.1, 0.15) is 6.92 Å². The highest BCUT2D eigenvalue weighted by molar-refractivity contribution is 9.11. The van der Waals surface area contributed by atoms with Crippen molar-refractivity contribution in [3.05, 3.63) is 34.2 Å². The number of esters is 1. The minimum absolute atomic E-state index is 0.0143. The average Bonchev–Trinajstić information content (AvgIpc) is 2.52. The number of fused-ring (bicyclic) bond motifs is 1. The van der Waals surface area contributed by atoms with Crippen molar-refractivity contribution in [2.24, 2.45) is 0 Å². The molecular weight excluding hydrogens is 260 g/mol. The zero-order chi connectivity index (χ0) is 11.0. The zero-order valence-corrected chi connectivity index (χ0v) is 10.0. The smallest absolute Gasteiger partial charge is 0.356 e. The number of nitrogens with one attached hydrogen (secondary N) is 1. The van der Waals surface area contributed by atoms with Gasteiger partial charge in [0.25, 0.3) is 0 Å². The number of allylic oxidation sites excluding steroid dienone is 3. The fraction of sp³-hybridized carbons (Fsp3) is 0.300. The number of hydrogen-bond acceptors (Lipinski definition) is 4. The SMILES string of the molecule is COC(=O)C1=C(C)NC2C=CC(Br)=CN12. The van der Waals surface area contributed by atoms with Crippen LogP contribution in [0.4, 0.5) is 0 Å². The summed E-state index contributed by atoms with van der Waals surface area (Å²) >= 11 is 3.37. The van der Waals surface area contributed by atoms with Gasteiger partial charge in [-0.25, -0.2) is 4.79 Å². The first kappa shape index (κ1) is 10.3. The summed E-state index contributed by atoms with van der Waals surface area (Å²) in [5.74, 6) is -0.325. The van der Waals surface area contributed by atoms with Gasteiger partial charge in [-0.1, -0.05) is 0 Å². The number of hydrogen-bond donors (Lipinski definition) is 1. The van der Waals surface area contributed by atoms with E-state index < -0.39 is 0 Å². The molecule has 4 nitrogen and oxygen atoms in total. The van der Waals surface area contributed by atoms with Crippen LogP contribution >= 0.6 is 15.9 Å². The Morgan fingerprint density at radius 1 is 1.67 bits per heavy atom. The highest BCUT2D eigenvalue weighted by atomic mass is 79.9. The van der Waals surface area contributed by atoms with Crippen molar-refractivity contribution >= 4 is 21.9 Å². The zero-order valence-electron chi connectivity index (χ0n) is 8.45. The second-order valence-corrected chi connectivity index (χ2v) is 4.25. The molecule has 0 fully saturated rings. The minimum Gasteiger partial charge on any atom is -0.464 e. The van der Waals surface area contributed by atoms with E-state index in [1.165, 1.54) is 7.11 Å². The molecule has 0 amide bonds. The molecule has 80 valence electrons. The van der Waals surface area contributed by atoms with Crippen LogP contribution in [0.2, 0.25) is 0 Å². The van der Waals surface area contributed by atoms with Crippen molar-refractivity contribution in [3.8, 4) is 0 Å². The molecule has 2 heterocycles. The van der Waals surface area contributed by atoms with Crippen LogP contribution < -0.4 is 5.32 Å². The van der Waals surface area contributed by atoms with Gasteiger partial charge in [0, 0.05) is 16.4 Å². The largest absolute Gasteiger partial charge is 0.464 e. The van der Waals surface area contributed by atoms with Crippen molar-refractivity contribution in [2.75, 3.05) is 7.11 Å². The van der Waals surface area contributed by atoms with Gasteiger partial charge in [-0.2, -0.15) is 0 Å². The summed E-state index contributed by atoms with van der Waals surface area (Å²) in [6.45, 7) is 1.86. The molecule has 1 N–H and O–H groups in total. The van der Waals surface area contributed by atoms with E-state index in [-0.39, 0.29) is 12.1 Å². The van der Waals surface area contributed by atoms with E-state index >= 15 is 0 Å². The third-order valence-electron chi connectivity index (χ3n) is 2.36. The summed E-state index contributed by atoms with van der Waals surface area (Å²) in [4.78, 5) is 13.4. The lowest BCUT2D eigenvalue weighted by Crippen LogP contribution is -2.34. The Labute approximate surface area is 96.4 Å². The van der Waals surface area contributed by atoms with Crippen molar-refractivity contribution in [2.45, 2.75) is 13.1 Å². The van der Waals surface area contributed by atoms with Gasteiger partial charge < -0.3 is 15.0 Å². The number of nitrogens with zero attached hydrogens (tertiary/aromatic N) is 1. The molecule has 2 aliphatic heterocycles. The normalized spacial score (nSPS) is 23.5. The van der Waals surface area contributed by atoms with Gasteiger partial charge >= 0.3 is 5.97 Å². The molecule has 0 aromatic heterocycles. The predicted molar refractivity (Wildman–Crippen MR) is 59.6 cm³/mol. The monoisotopic (exact) mass is 270 g/mol. The van der Waals surface area contributed by atoms with E-state index in [1.54, 1.807) is 0 Å². The molecule has 2 aliphatic rings. The Kier molecular flexibility index (Phi) is 2.56. The van der Waals surface area contributed by atoms with Gasteiger partial charge in [-0.05, 0) is 35.0 Å². The molecule has 0 spiro atoms. The molecule has 2 rings (SSSR count). The fourth-order valence-electron chi connectivity index (χ4n) is 1.69. The van der Waals surface area contributed by atoms with Crippen molar-refractivity contribution in [1.82, 2.24) is 10.2 Å². The Morgan fingerprint density at radius 2 is 2.40 bits per heavy atom. The number of ether oxygens (including phenoxy) is 1. The Hall–Kier alpha value is -1.23. The number of carbonyl (C=O) groups excluding carboxylic acids is 1. The topological polar surface area (TPSA) is 41.6 Å². The van der Waals surface area contributed by atoms with Crippen molar-refractivity contribution in [1.29, 1.82) is 0 Å². The van der Waals surface area contributed by atoms with Gasteiger partial charge in [-0.3, -0.25) is 0 Å². The third-order valence-corrected chi connectivity index (χ3v) is 2.83. The predicted octanol–water partition coefficient (Wildman–Crippen LogP) is 1.43. The van der Waals surface area contributed by atoms with Gasteiger partial charge in [0.2, 0.25) is 0 Å². The molecule has 0 aliphatic carbocycles. The summed E-state index contributed by atoms with van der Waals surface area (Å²) < 4.78 is 5.67. The maximum absolute atomic E-state index is 11.6. The van der Waals surface area contributed by atoms with Gasteiger partial charge in [-0.15, -0.1) is 0 Å². The number of rotatable bonds is 1. The van der Waals surface area contributed by atoms with Crippen molar-refractivity contribution in [3.63, 3.8) is 0 Å². The Balaban J connectivity index is 2.35. The minimum atomic E-state index is -0.325. The Bertz CT molecular complexity index is 398. The van der Waals surface area contributed by atoms with Crippen LogP contribution in [-0.2, 0) is 9.53 Å². The molecule has 0 saturated carbocycles. The van der Waals surface area contributed by atoms with E-state index in [0.29, 0.717) is 5.70 Å². The van der Waals surface area contributed by atoms with Gasteiger partial charge in [0.15, 0.2) is 0 Å². The number of halogens is 1. The first-order chi connectivity index (χ1) is 7.13. The molecule has 0 bridgehead atoms. The molecule has 0 aromatic rings. The van der Waals surface area contributed by atoms with Gasteiger partial charge in [0.05, 0.1) is 7.11 Å². The maximum atomic E-state index is 11.6. The first-order valence-electron chi connectivity index (χ1n) is 4.53. The maximum Gasteiger partial charge on any atom is 0.356 e. The van der Waals surface area contributed by atoms with E-state index in [0.717, 1.165) is 10.2 Å². The van der Waals surface area contributed by atoms with E-state index in [9.17, 15) is 4.79 Å². The van der Waals surface area contributed by atoms with Gasteiger partial charge in [0.1, 0.15) is 11.9 Å². The number of methoxy groups -OCH3 is 1. The average molecular weight is 271 g/mol. The van der Waals surface area contributed by atoms with Crippen LogP contribution in [0.5, 0.6) is 0 Å². The Morgan fingerprint density at radius 3 is 3.07 bits per heavy atom. The van der Waals surface area contributed by atoms with Crippen LogP contribution in [0.15, 0.2) is 34.2 Å². The molecule has 1 atom stereocenters. The van der Waals surface area contributed by atoms with Crippen LogP contribution in [0.3, 0.4) is 0 Å². The first-order valence-corrected chi connectivity index (χ1v) is 5.32. The highest BCUT2D eigenvalue weighted by Crippen LogP contribution is 2.28. The van der Waals surface area contributed by atoms with Crippen molar-refractivity contribution < 1.29 is 9.53 Å². The summed E-state index contributed by atoms with van der Waals surface area (Å²) in [5, 5.41) is 3.19. The van der Waals surface area contributed by atoms with E-state index in [2.05, 4.69) is 21.2 Å². The molecule has 0 aromatic carbocycles. The third kappa shape index (κ3) is 1.67. The highest BCUT2D eigenvalue weighted by Gasteiger charge is 2.32. The van der Waals surface area contributed by atoms with E-state index in [4.69, 9.17) is 4.74 Å². The quantitative estimate of drug-likeness (QED) is 0.732. The lowest BCUT2D eigenvalue weighted by atomic mass is 10.3. The molecule has 0 saturated heterocycles. The summed E-state index contributed by atoms with van der Waals surface area (Å²) in [6.07, 6.45) is 5.80. The van der Waals surface area contributed by atoms with Crippen LogP contribution in [0, 0.1) is 0 Å². The summed E-state index contributed by atoms with van der Waals surface area (Å²) in [7, 11) is 1.38. The number of carbonyl (C=O) groups is 1. The van der Waals surface area contributed by atoms with Crippen LogP contribution in [-0.4, -0.2) is 24.1 Å². The lowest BCUT2D eigenvalue weighted by molar-refractivity contribution is -0.137. The second kappa shape index (κ2) is 3.73. The standard InChI is InChI=1S/C10H11BrN2O2/c1-6-9(10(14)15-2)13-5-7(11)3-4-8(13)12-6/h3-5,8,12H,1-2H3. The molecular formula is C10H11BrN2O2. The molecule has 1 unspecified atom stereocenters.